The minimum absolute atomic E-state index is 0.0269. The van der Waals surface area contributed by atoms with Crippen LogP contribution in [0.3, 0.4) is 0 Å². The molecule has 6 nitrogen and oxygen atoms in total. The Bertz CT molecular complexity index is 768. The third-order valence-electron chi connectivity index (χ3n) is 6.41. The van der Waals surface area contributed by atoms with Crippen LogP contribution in [0.5, 0.6) is 0 Å². The Hall–Kier alpha value is -2.44. The van der Waals surface area contributed by atoms with Crippen LogP contribution in [0.15, 0.2) is 24.3 Å². The minimum atomic E-state index is -0.381. The van der Waals surface area contributed by atoms with Crippen molar-refractivity contribution in [1.82, 2.24) is 15.5 Å². The Morgan fingerprint density at radius 1 is 1.00 bits per heavy atom. The molecule has 1 aliphatic heterocycles. The van der Waals surface area contributed by atoms with Crippen molar-refractivity contribution >= 4 is 17.7 Å². The first-order valence-electron chi connectivity index (χ1n) is 11.6. The molecular formula is C24H34FN3O3. The number of benzene rings is 1. The van der Waals surface area contributed by atoms with Crippen molar-refractivity contribution in [1.29, 1.82) is 0 Å². The van der Waals surface area contributed by atoms with Crippen molar-refractivity contribution in [2.24, 2.45) is 5.92 Å². The number of hydrogen-bond donors (Lipinski definition) is 2. The van der Waals surface area contributed by atoms with E-state index < -0.39 is 0 Å². The van der Waals surface area contributed by atoms with E-state index in [1.54, 1.807) is 0 Å². The third kappa shape index (κ3) is 6.52. The van der Waals surface area contributed by atoms with Gasteiger partial charge < -0.3 is 15.5 Å². The predicted molar refractivity (Wildman–Crippen MR) is 117 cm³/mol. The Kier molecular flexibility index (Phi) is 8.43. The molecule has 1 aromatic rings. The van der Waals surface area contributed by atoms with Crippen LogP contribution in [0.25, 0.3) is 0 Å². The molecule has 7 heteroatoms. The van der Waals surface area contributed by atoms with Crippen LogP contribution in [0, 0.1) is 11.7 Å². The molecule has 0 bridgehead atoms. The van der Waals surface area contributed by atoms with Gasteiger partial charge in [-0.15, -0.1) is 0 Å². The van der Waals surface area contributed by atoms with Gasteiger partial charge in [-0.05, 0) is 56.4 Å². The highest BCUT2D eigenvalue weighted by Gasteiger charge is 2.33. The number of carbonyl (C=O) groups excluding carboxylic acids is 3. The molecule has 1 aromatic carbocycles. The monoisotopic (exact) mass is 431 g/mol. The first kappa shape index (κ1) is 23.2. The lowest BCUT2D eigenvalue weighted by Crippen LogP contribution is -2.55. The molecule has 3 amide bonds. The van der Waals surface area contributed by atoms with Crippen molar-refractivity contribution in [2.45, 2.75) is 76.8 Å². The molecule has 0 aromatic heterocycles. The van der Waals surface area contributed by atoms with Crippen LogP contribution in [-0.2, 0) is 9.59 Å². The van der Waals surface area contributed by atoms with Gasteiger partial charge in [0, 0.05) is 37.2 Å². The van der Waals surface area contributed by atoms with Gasteiger partial charge in [0.05, 0.1) is 5.92 Å². The predicted octanol–water partition coefficient (Wildman–Crippen LogP) is 3.41. The first-order valence-corrected chi connectivity index (χ1v) is 11.6. The van der Waals surface area contributed by atoms with Gasteiger partial charge in [-0.25, -0.2) is 4.39 Å². The van der Waals surface area contributed by atoms with E-state index in [0.717, 1.165) is 57.9 Å². The van der Waals surface area contributed by atoms with Gasteiger partial charge in [0.1, 0.15) is 5.82 Å². The normalized spacial score (nSPS) is 23.8. The summed E-state index contributed by atoms with van der Waals surface area (Å²) in [7, 11) is 0. The molecular weight excluding hydrogens is 397 g/mol. The summed E-state index contributed by atoms with van der Waals surface area (Å²) < 4.78 is 13.1. The van der Waals surface area contributed by atoms with Gasteiger partial charge >= 0.3 is 0 Å². The maximum absolute atomic E-state index is 13.1. The zero-order valence-electron chi connectivity index (χ0n) is 18.4. The number of nitrogens with zero attached hydrogens (tertiary/aromatic N) is 1. The highest BCUT2D eigenvalue weighted by atomic mass is 19.1. The molecule has 2 aliphatic rings. The van der Waals surface area contributed by atoms with E-state index in [1.165, 1.54) is 24.3 Å². The number of likely N-dealkylation sites (tertiary alicyclic amines) is 1. The molecule has 0 radical (unpaired) electrons. The summed E-state index contributed by atoms with van der Waals surface area (Å²) in [5.74, 6) is -0.720. The molecule has 3 atom stereocenters. The lowest BCUT2D eigenvalue weighted by atomic mass is 9.88. The van der Waals surface area contributed by atoms with E-state index in [-0.39, 0.29) is 41.5 Å². The van der Waals surface area contributed by atoms with Crippen LogP contribution < -0.4 is 10.6 Å². The second-order valence-corrected chi connectivity index (χ2v) is 8.77. The first-order chi connectivity index (χ1) is 15.0. The van der Waals surface area contributed by atoms with E-state index >= 15 is 0 Å². The van der Waals surface area contributed by atoms with E-state index in [1.807, 2.05) is 4.90 Å². The number of halogens is 1. The van der Waals surface area contributed by atoms with E-state index in [4.69, 9.17) is 0 Å². The van der Waals surface area contributed by atoms with Crippen molar-refractivity contribution < 1.29 is 18.8 Å². The maximum atomic E-state index is 13.1. The summed E-state index contributed by atoms with van der Waals surface area (Å²) >= 11 is 0. The lowest BCUT2D eigenvalue weighted by molar-refractivity contribution is -0.136. The average Bonchev–Trinajstić information content (AvgIpc) is 2.79. The highest BCUT2D eigenvalue weighted by molar-refractivity contribution is 5.94. The van der Waals surface area contributed by atoms with Gasteiger partial charge in [-0.1, -0.05) is 26.2 Å². The van der Waals surface area contributed by atoms with Crippen LogP contribution in [-0.4, -0.2) is 47.8 Å². The summed E-state index contributed by atoms with van der Waals surface area (Å²) in [4.78, 5) is 39.8. The van der Waals surface area contributed by atoms with Crippen LogP contribution in [0.2, 0.25) is 0 Å². The molecule has 0 spiro atoms. The Morgan fingerprint density at radius 2 is 1.68 bits per heavy atom. The molecule has 1 heterocycles. The molecule has 1 saturated heterocycles. The van der Waals surface area contributed by atoms with Crippen molar-refractivity contribution in [3.63, 3.8) is 0 Å². The maximum Gasteiger partial charge on any atom is 0.251 e. The van der Waals surface area contributed by atoms with Crippen molar-refractivity contribution in [2.75, 3.05) is 13.1 Å². The summed E-state index contributed by atoms with van der Waals surface area (Å²) in [5.41, 5.74) is 0.408. The van der Waals surface area contributed by atoms with Crippen LogP contribution in [0.1, 0.15) is 75.1 Å². The number of hydrogen-bond acceptors (Lipinski definition) is 3. The van der Waals surface area contributed by atoms with Crippen LogP contribution >= 0.6 is 0 Å². The zero-order valence-corrected chi connectivity index (χ0v) is 18.4. The van der Waals surface area contributed by atoms with Crippen molar-refractivity contribution in [3.05, 3.63) is 35.6 Å². The number of carbonyl (C=O) groups is 3. The number of unbranched alkanes of at least 4 members (excludes halogenated alkanes) is 1. The van der Waals surface area contributed by atoms with Gasteiger partial charge in [0.15, 0.2) is 0 Å². The Labute approximate surface area is 183 Å². The average molecular weight is 432 g/mol. The Balaban J connectivity index is 1.56. The smallest absolute Gasteiger partial charge is 0.251 e. The summed E-state index contributed by atoms with van der Waals surface area (Å²) in [6, 6.07) is 5.19. The molecule has 1 saturated carbocycles. The molecule has 3 rings (SSSR count). The standard InChI is InChI=1S/C24H34FN3O3/c1-2-3-10-22(29)28-15-6-7-18(16-28)24(31)27-21-9-5-4-8-20(21)26-23(30)17-11-13-19(25)14-12-17/h11-14,18,20-21H,2-10,15-16H2,1H3,(H,26,30)(H,27,31)/t18?,20-,21-/m1/s1. The molecule has 2 fully saturated rings. The summed E-state index contributed by atoms with van der Waals surface area (Å²) in [6.07, 6.45) is 7.62. The fraction of sp³-hybridized carbons (Fsp3) is 0.625. The van der Waals surface area contributed by atoms with Crippen molar-refractivity contribution in [3.8, 4) is 0 Å². The largest absolute Gasteiger partial charge is 0.351 e. The fourth-order valence-corrected chi connectivity index (χ4v) is 4.53. The molecule has 1 unspecified atom stereocenters. The number of piperidine rings is 1. The number of rotatable bonds is 7. The summed E-state index contributed by atoms with van der Waals surface area (Å²) in [6.45, 7) is 3.27. The van der Waals surface area contributed by atoms with Gasteiger partial charge in [-0.3, -0.25) is 14.4 Å². The third-order valence-corrected chi connectivity index (χ3v) is 6.41. The number of amides is 3. The second kappa shape index (κ2) is 11.3. The number of nitrogens with one attached hydrogen (secondary N) is 2. The van der Waals surface area contributed by atoms with Crippen LogP contribution in [0.4, 0.5) is 4.39 Å². The zero-order chi connectivity index (χ0) is 22.2. The Morgan fingerprint density at radius 3 is 2.35 bits per heavy atom. The molecule has 1 aliphatic carbocycles. The molecule has 31 heavy (non-hydrogen) atoms. The lowest BCUT2D eigenvalue weighted by Gasteiger charge is -2.36. The van der Waals surface area contributed by atoms with Gasteiger partial charge in [0.2, 0.25) is 11.8 Å². The van der Waals surface area contributed by atoms with Gasteiger partial charge in [0.25, 0.3) is 5.91 Å². The minimum Gasteiger partial charge on any atom is -0.351 e. The van der Waals surface area contributed by atoms with E-state index in [9.17, 15) is 18.8 Å². The summed E-state index contributed by atoms with van der Waals surface area (Å²) in [5, 5.41) is 6.18. The SMILES string of the molecule is CCCCC(=O)N1CCCC(C(=O)N[C@@H]2CCCC[C@H]2NC(=O)c2ccc(F)cc2)C1. The molecule has 170 valence electrons. The second-order valence-electron chi connectivity index (χ2n) is 8.77. The quantitative estimate of drug-likeness (QED) is 0.694. The fourth-order valence-electron chi connectivity index (χ4n) is 4.53. The molecule has 2 N–H and O–H groups in total. The van der Waals surface area contributed by atoms with E-state index in [0.29, 0.717) is 18.5 Å². The topological polar surface area (TPSA) is 78.5 Å². The highest BCUT2D eigenvalue weighted by Crippen LogP contribution is 2.22. The van der Waals surface area contributed by atoms with Gasteiger partial charge in [-0.2, -0.15) is 0 Å². The van der Waals surface area contributed by atoms with E-state index in [2.05, 4.69) is 17.6 Å².